The molecule has 0 bridgehead atoms. The highest BCUT2D eigenvalue weighted by Gasteiger charge is 2.12. The topological polar surface area (TPSA) is 23.6 Å². The number of para-hydroxylation sites is 1. The van der Waals surface area contributed by atoms with Gasteiger partial charge in [0.1, 0.15) is 0 Å². The smallest absolute Gasteiger partial charge is 0.152 e. The lowest BCUT2D eigenvalue weighted by Crippen LogP contribution is -2.35. The zero-order valence-corrected chi connectivity index (χ0v) is 11.9. The van der Waals surface area contributed by atoms with E-state index in [1.165, 1.54) is 0 Å². The van der Waals surface area contributed by atoms with E-state index in [0.29, 0.717) is 5.92 Å². The zero-order valence-electron chi connectivity index (χ0n) is 11.9. The van der Waals surface area contributed by atoms with Gasteiger partial charge < -0.3 is 9.80 Å². The fourth-order valence-electron chi connectivity index (χ4n) is 1.95. The summed E-state index contributed by atoms with van der Waals surface area (Å²) in [4.78, 5) is 15.6. The second-order valence-corrected chi connectivity index (χ2v) is 5.32. The summed E-state index contributed by atoms with van der Waals surface area (Å²) < 4.78 is 0. The number of hydrogen-bond donors (Lipinski definition) is 0. The Morgan fingerprint density at radius 2 is 1.83 bits per heavy atom. The van der Waals surface area contributed by atoms with Gasteiger partial charge in [0.05, 0.1) is 0 Å². The number of anilines is 1. The summed E-state index contributed by atoms with van der Waals surface area (Å²) in [5.41, 5.74) is 1.82. The van der Waals surface area contributed by atoms with Crippen LogP contribution in [-0.2, 0) is 0 Å². The van der Waals surface area contributed by atoms with Crippen LogP contribution in [0.4, 0.5) is 5.69 Å². The summed E-state index contributed by atoms with van der Waals surface area (Å²) in [5, 5.41) is 0. The molecule has 0 atom stereocenters. The van der Waals surface area contributed by atoms with Gasteiger partial charge in [0.2, 0.25) is 0 Å². The predicted molar refractivity (Wildman–Crippen MR) is 77.4 cm³/mol. The summed E-state index contributed by atoms with van der Waals surface area (Å²) in [6.45, 7) is 7.30. The first-order valence-corrected chi connectivity index (χ1v) is 6.48. The number of rotatable bonds is 7. The van der Waals surface area contributed by atoms with Gasteiger partial charge in [-0.05, 0) is 32.1 Å². The molecule has 18 heavy (non-hydrogen) atoms. The van der Waals surface area contributed by atoms with Gasteiger partial charge in [0.15, 0.2) is 6.29 Å². The van der Waals surface area contributed by atoms with E-state index in [9.17, 15) is 4.79 Å². The summed E-state index contributed by atoms with van der Waals surface area (Å²) in [6, 6.07) is 7.81. The van der Waals surface area contributed by atoms with Crippen LogP contribution in [0.1, 0.15) is 24.2 Å². The van der Waals surface area contributed by atoms with Gasteiger partial charge in [-0.2, -0.15) is 0 Å². The zero-order chi connectivity index (χ0) is 13.5. The molecule has 100 valence electrons. The van der Waals surface area contributed by atoms with Crippen molar-refractivity contribution in [1.29, 1.82) is 0 Å². The first-order chi connectivity index (χ1) is 8.54. The third-order valence-corrected chi connectivity index (χ3v) is 2.81. The molecule has 0 aliphatic rings. The van der Waals surface area contributed by atoms with E-state index in [1.54, 1.807) is 0 Å². The molecule has 3 heteroatoms. The third kappa shape index (κ3) is 4.49. The number of likely N-dealkylation sites (N-methyl/N-ethyl adjacent to an activating group) is 1. The molecule has 3 nitrogen and oxygen atoms in total. The highest BCUT2D eigenvalue weighted by Crippen LogP contribution is 2.19. The van der Waals surface area contributed by atoms with Crippen LogP contribution in [0.5, 0.6) is 0 Å². The lowest BCUT2D eigenvalue weighted by atomic mass is 10.1. The first-order valence-electron chi connectivity index (χ1n) is 6.48. The molecule has 0 saturated heterocycles. The van der Waals surface area contributed by atoms with E-state index < -0.39 is 0 Å². The van der Waals surface area contributed by atoms with Gasteiger partial charge >= 0.3 is 0 Å². The van der Waals surface area contributed by atoms with Gasteiger partial charge in [0.25, 0.3) is 0 Å². The second kappa shape index (κ2) is 7.17. The lowest BCUT2D eigenvalue weighted by Gasteiger charge is -2.29. The van der Waals surface area contributed by atoms with E-state index in [4.69, 9.17) is 0 Å². The lowest BCUT2D eigenvalue weighted by molar-refractivity contribution is 0.112. The summed E-state index contributed by atoms with van der Waals surface area (Å²) in [7, 11) is 4.14. The standard InChI is InChI=1S/C15H24N2O/c1-13(2)11-17(10-9-16(3)4)15-8-6-5-7-14(15)12-18/h5-8,12-13H,9-11H2,1-4H3. The number of hydrogen-bond acceptors (Lipinski definition) is 3. The minimum atomic E-state index is 0.576. The molecular weight excluding hydrogens is 224 g/mol. The predicted octanol–water partition coefficient (Wildman–Crippen LogP) is 2.52. The highest BCUT2D eigenvalue weighted by atomic mass is 16.1. The first kappa shape index (κ1) is 14.7. The Bertz CT molecular complexity index is 375. The monoisotopic (exact) mass is 248 g/mol. The minimum Gasteiger partial charge on any atom is -0.369 e. The summed E-state index contributed by atoms with van der Waals surface area (Å²) in [5.74, 6) is 0.576. The average Bonchev–Trinajstić information content (AvgIpc) is 2.33. The Hall–Kier alpha value is -1.35. The van der Waals surface area contributed by atoms with Crippen LogP contribution in [0.25, 0.3) is 0 Å². The molecule has 0 aliphatic carbocycles. The van der Waals surface area contributed by atoms with Crippen LogP contribution >= 0.6 is 0 Å². The molecule has 0 N–H and O–H groups in total. The van der Waals surface area contributed by atoms with Gasteiger partial charge in [-0.1, -0.05) is 26.0 Å². The van der Waals surface area contributed by atoms with Crippen LogP contribution in [0, 0.1) is 5.92 Å². The van der Waals surface area contributed by atoms with Gasteiger partial charge in [-0.3, -0.25) is 4.79 Å². The quantitative estimate of drug-likeness (QED) is 0.693. The second-order valence-electron chi connectivity index (χ2n) is 5.32. The number of carbonyl (C=O) groups is 1. The largest absolute Gasteiger partial charge is 0.369 e. The fourth-order valence-corrected chi connectivity index (χ4v) is 1.95. The van der Waals surface area contributed by atoms with Crippen molar-refractivity contribution in [3.8, 4) is 0 Å². The Balaban J connectivity index is 2.89. The van der Waals surface area contributed by atoms with Crippen molar-refractivity contribution in [2.24, 2.45) is 5.92 Å². The molecular formula is C15H24N2O. The molecule has 1 aromatic rings. The Morgan fingerprint density at radius 3 is 2.39 bits per heavy atom. The molecule has 0 fully saturated rings. The van der Waals surface area contributed by atoms with Crippen molar-refractivity contribution >= 4 is 12.0 Å². The molecule has 0 saturated carbocycles. The van der Waals surface area contributed by atoms with Crippen LogP contribution in [0.15, 0.2) is 24.3 Å². The van der Waals surface area contributed by atoms with Crippen molar-refractivity contribution in [3.05, 3.63) is 29.8 Å². The number of carbonyl (C=O) groups excluding carboxylic acids is 1. The van der Waals surface area contributed by atoms with E-state index in [0.717, 1.165) is 37.2 Å². The van der Waals surface area contributed by atoms with Crippen molar-refractivity contribution in [1.82, 2.24) is 4.90 Å². The molecule has 0 aromatic heterocycles. The average molecular weight is 248 g/mol. The molecule has 0 heterocycles. The fraction of sp³-hybridized carbons (Fsp3) is 0.533. The Kier molecular flexibility index (Phi) is 5.86. The van der Waals surface area contributed by atoms with E-state index >= 15 is 0 Å². The van der Waals surface area contributed by atoms with Crippen LogP contribution in [-0.4, -0.2) is 44.9 Å². The van der Waals surface area contributed by atoms with Crippen LogP contribution < -0.4 is 4.90 Å². The number of nitrogens with zero attached hydrogens (tertiary/aromatic N) is 2. The molecule has 1 aromatic carbocycles. The van der Waals surface area contributed by atoms with E-state index in [1.807, 2.05) is 24.3 Å². The van der Waals surface area contributed by atoms with E-state index in [-0.39, 0.29) is 0 Å². The summed E-state index contributed by atoms with van der Waals surface area (Å²) in [6.07, 6.45) is 0.943. The van der Waals surface area contributed by atoms with Crippen molar-refractivity contribution < 1.29 is 4.79 Å². The number of benzene rings is 1. The van der Waals surface area contributed by atoms with Crippen molar-refractivity contribution in [2.75, 3.05) is 38.6 Å². The molecule has 1 rings (SSSR count). The van der Waals surface area contributed by atoms with Gasteiger partial charge in [-0.25, -0.2) is 0 Å². The number of aldehydes is 1. The molecule has 0 amide bonds. The third-order valence-electron chi connectivity index (χ3n) is 2.81. The Labute approximate surface area is 110 Å². The molecule has 0 spiro atoms. The maximum Gasteiger partial charge on any atom is 0.152 e. The normalized spacial score (nSPS) is 11.0. The maximum absolute atomic E-state index is 11.1. The summed E-state index contributed by atoms with van der Waals surface area (Å²) >= 11 is 0. The SMILES string of the molecule is CC(C)CN(CCN(C)C)c1ccccc1C=O. The molecule has 0 aliphatic heterocycles. The minimum absolute atomic E-state index is 0.576. The molecule has 0 unspecified atom stereocenters. The maximum atomic E-state index is 11.1. The highest BCUT2D eigenvalue weighted by molar-refractivity contribution is 5.84. The van der Waals surface area contributed by atoms with Gasteiger partial charge in [0, 0.05) is 30.9 Å². The van der Waals surface area contributed by atoms with Crippen LogP contribution in [0.2, 0.25) is 0 Å². The Morgan fingerprint density at radius 1 is 1.17 bits per heavy atom. The molecule has 0 radical (unpaired) electrons. The van der Waals surface area contributed by atoms with Crippen LogP contribution in [0.3, 0.4) is 0 Å². The van der Waals surface area contributed by atoms with Gasteiger partial charge in [-0.15, -0.1) is 0 Å². The van der Waals surface area contributed by atoms with Crippen molar-refractivity contribution in [2.45, 2.75) is 13.8 Å². The van der Waals surface area contributed by atoms with E-state index in [2.05, 4.69) is 37.7 Å². The van der Waals surface area contributed by atoms with Crippen molar-refractivity contribution in [3.63, 3.8) is 0 Å².